The van der Waals surface area contributed by atoms with Crippen molar-refractivity contribution in [2.75, 3.05) is 0 Å². The third-order valence-corrected chi connectivity index (χ3v) is 4.04. The molecule has 1 aliphatic heterocycles. The van der Waals surface area contributed by atoms with Gasteiger partial charge in [-0.2, -0.15) is 0 Å². The minimum atomic E-state index is 0.201. The largest absolute Gasteiger partial charge is 0.333 e. The summed E-state index contributed by atoms with van der Waals surface area (Å²) in [6.07, 6.45) is 3.49. The van der Waals surface area contributed by atoms with Crippen LogP contribution < -0.4 is 0 Å². The molecule has 1 fully saturated rings. The summed E-state index contributed by atoms with van der Waals surface area (Å²) >= 11 is 0. The lowest BCUT2D eigenvalue weighted by Crippen LogP contribution is -2.47. The van der Waals surface area contributed by atoms with Crippen LogP contribution in [-0.2, 0) is 0 Å². The first-order chi connectivity index (χ1) is 8.50. The van der Waals surface area contributed by atoms with Crippen LogP contribution in [0.2, 0.25) is 0 Å². The first-order valence-corrected chi connectivity index (χ1v) is 6.90. The lowest BCUT2D eigenvalue weighted by atomic mass is 9.95. The van der Waals surface area contributed by atoms with Crippen molar-refractivity contribution in [3.05, 3.63) is 34.9 Å². The average Bonchev–Trinajstić information content (AvgIpc) is 2.28. The maximum absolute atomic E-state index is 12.7. The molecule has 2 atom stereocenters. The molecule has 2 rings (SSSR count). The van der Waals surface area contributed by atoms with Gasteiger partial charge >= 0.3 is 0 Å². The van der Waals surface area contributed by atoms with Crippen LogP contribution in [0.3, 0.4) is 0 Å². The van der Waals surface area contributed by atoms with Gasteiger partial charge in [0.2, 0.25) is 0 Å². The maximum Gasteiger partial charge on any atom is 0.254 e. The standard InChI is InChI=1S/C16H23NO/c1-11-8-9-15(12(2)10-11)16(18)17-13(3)6-5-7-14(17)4/h8-10,13-14H,5-7H2,1-4H3/t13-,14+. The number of carbonyl (C=O) groups excluding carboxylic acids is 1. The molecule has 0 aliphatic carbocycles. The molecule has 1 amide bonds. The number of carbonyl (C=O) groups is 1. The zero-order valence-electron chi connectivity index (χ0n) is 11.9. The molecule has 0 unspecified atom stereocenters. The second kappa shape index (κ2) is 5.13. The maximum atomic E-state index is 12.7. The van der Waals surface area contributed by atoms with E-state index < -0.39 is 0 Å². The molecule has 0 spiro atoms. The van der Waals surface area contributed by atoms with Crippen LogP contribution >= 0.6 is 0 Å². The summed E-state index contributed by atoms with van der Waals surface area (Å²) < 4.78 is 0. The number of aryl methyl sites for hydroxylation is 2. The molecule has 98 valence electrons. The quantitative estimate of drug-likeness (QED) is 0.738. The van der Waals surface area contributed by atoms with E-state index in [1.165, 1.54) is 12.0 Å². The number of benzene rings is 1. The number of hydrogen-bond donors (Lipinski definition) is 0. The van der Waals surface area contributed by atoms with Gasteiger partial charge in [0.05, 0.1) is 0 Å². The Morgan fingerprint density at radius 2 is 1.78 bits per heavy atom. The van der Waals surface area contributed by atoms with Gasteiger partial charge in [0.15, 0.2) is 0 Å². The predicted molar refractivity (Wildman–Crippen MR) is 74.9 cm³/mol. The molecule has 1 heterocycles. The molecule has 2 heteroatoms. The van der Waals surface area contributed by atoms with Crippen molar-refractivity contribution in [1.82, 2.24) is 4.90 Å². The number of likely N-dealkylation sites (tertiary alicyclic amines) is 1. The summed E-state index contributed by atoms with van der Waals surface area (Å²) in [6, 6.07) is 6.82. The molecule has 0 saturated carbocycles. The van der Waals surface area contributed by atoms with E-state index in [4.69, 9.17) is 0 Å². The molecule has 1 aliphatic rings. The minimum absolute atomic E-state index is 0.201. The second-order valence-electron chi connectivity index (χ2n) is 5.66. The molecule has 18 heavy (non-hydrogen) atoms. The summed E-state index contributed by atoms with van der Waals surface area (Å²) in [5.74, 6) is 0.201. The van der Waals surface area contributed by atoms with E-state index >= 15 is 0 Å². The van der Waals surface area contributed by atoms with Crippen molar-refractivity contribution in [3.8, 4) is 0 Å². The Labute approximate surface area is 110 Å². The highest BCUT2D eigenvalue weighted by atomic mass is 16.2. The fraction of sp³-hybridized carbons (Fsp3) is 0.562. The molecule has 2 nitrogen and oxygen atoms in total. The number of rotatable bonds is 1. The van der Waals surface area contributed by atoms with Crippen LogP contribution in [0.5, 0.6) is 0 Å². The first-order valence-electron chi connectivity index (χ1n) is 6.90. The molecule has 1 saturated heterocycles. The topological polar surface area (TPSA) is 20.3 Å². The van der Waals surface area contributed by atoms with Gasteiger partial charge in [-0.3, -0.25) is 4.79 Å². The van der Waals surface area contributed by atoms with E-state index in [9.17, 15) is 4.79 Å². The Kier molecular flexibility index (Phi) is 3.74. The first kappa shape index (κ1) is 13.1. The third-order valence-electron chi connectivity index (χ3n) is 4.04. The molecule has 0 bridgehead atoms. The average molecular weight is 245 g/mol. The van der Waals surface area contributed by atoms with Crippen molar-refractivity contribution in [1.29, 1.82) is 0 Å². The van der Waals surface area contributed by atoms with Crippen molar-refractivity contribution in [2.24, 2.45) is 0 Å². The van der Waals surface area contributed by atoms with Crippen LogP contribution in [0.4, 0.5) is 0 Å². The van der Waals surface area contributed by atoms with Gasteiger partial charge in [-0.05, 0) is 58.6 Å². The number of piperidine rings is 1. The molecular formula is C16H23NO. The summed E-state index contributed by atoms with van der Waals surface area (Å²) in [5.41, 5.74) is 3.16. The Hall–Kier alpha value is -1.31. The molecule has 0 N–H and O–H groups in total. The Morgan fingerprint density at radius 1 is 1.17 bits per heavy atom. The zero-order chi connectivity index (χ0) is 13.3. The molecule has 0 aromatic heterocycles. The molecule has 1 aromatic rings. The van der Waals surface area contributed by atoms with Crippen LogP contribution in [-0.4, -0.2) is 22.9 Å². The monoisotopic (exact) mass is 245 g/mol. The van der Waals surface area contributed by atoms with Gasteiger partial charge in [-0.1, -0.05) is 17.7 Å². The van der Waals surface area contributed by atoms with Gasteiger partial charge in [0, 0.05) is 17.6 Å². The SMILES string of the molecule is Cc1ccc(C(=O)N2[C@H](C)CCC[C@@H]2C)c(C)c1. The van der Waals surface area contributed by atoms with E-state index in [0.29, 0.717) is 12.1 Å². The second-order valence-corrected chi connectivity index (χ2v) is 5.66. The normalized spacial score (nSPS) is 24.1. The molecular weight excluding hydrogens is 222 g/mol. The molecule has 0 radical (unpaired) electrons. The fourth-order valence-corrected chi connectivity index (χ4v) is 3.01. The molecule has 1 aromatic carbocycles. The van der Waals surface area contributed by atoms with E-state index in [-0.39, 0.29) is 5.91 Å². The Bertz CT molecular complexity index is 442. The van der Waals surface area contributed by atoms with E-state index in [1.54, 1.807) is 0 Å². The van der Waals surface area contributed by atoms with E-state index in [1.807, 2.05) is 19.1 Å². The van der Waals surface area contributed by atoms with Crippen LogP contribution in [0.1, 0.15) is 54.6 Å². The van der Waals surface area contributed by atoms with Gasteiger partial charge in [-0.25, -0.2) is 0 Å². The summed E-state index contributed by atoms with van der Waals surface area (Å²) in [6.45, 7) is 8.42. The predicted octanol–water partition coefficient (Wildman–Crippen LogP) is 3.71. The summed E-state index contributed by atoms with van der Waals surface area (Å²) in [5, 5.41) is 0. The third kappa shape index (κ3) is 2.43. The van der Waals surface area contributed by atoms with Crippen molar-refractivity contribution in [3.63, 3.8) is 0 Å². The van der Waals surface area contributed by atoms with Gasteiger partial charge in [0.25, 0.3) is 5.91 Å². The van der Waals surface area contributed by atoms with Crippen molar-refractivity contribution >= 4 is 5.91 Å². The lowest BCUT2D eigenvalue weighted by molar-refractivity contribution is 0.0510. The van der Waals surface area contributed by atoms with Crippen LogP contribution in [0.15, 0.2) is 18.2 Å². The van der Waals surface area contributed by atoms with Crippen molar-refractivity contribution in [2.45, 2.75) is 59.0 Å². The highest BCUT2D eigenvalue weighted by Gasteiger charge is 2.30. The van der Waals surface area contributed by atoms with Crippen LogP contribution in [0, 0.1) is 13.8 Å². The van der Waals surface area contributed by atoms with Crippen molar-refractivity contribution < 1.29 is 4.79 Å². The summed E-state index contributed by atoms with van der Waals surface area (Å²) in [4.78, 5) is 14.7. The van der Waals surface area contributed by atoms with E-state index in [2.05, 4.69) is 31.7 Å². The number of amides is 1. The fourth-order valence-electron chi connectivity index (χ4n) is 3.01. The smallest absolute Gasteiger partial charge is 0.254 e. The summed E-state index contributed by atoms with van der Waals surface area (Å²) in [7, 11) is 0. The van der Waals surface area contributed by atoms with Crippen LogP contribution in [0.25, 0.3) is 0 Å². The van der Waals surface area contributed by atoms with Gasteiger partial charge < -0.3 is 4.90 Å². The number of nitrogens with zero attached hydrogens (tertiary/aromatic N) is 1. The highest BCUT2D eigenvalue weighted by Crippen LogP contribution is 2.25. The highest BCUT2D eigenvalue weighted by molar-refractivity contribution is 5.96. The zero-order valence-corrected chi connectivity index (χ0v) is 11.9. The Morgan fingerprint density at radius 3 is 2.33 bits per heavy atom. The minimum Gasteiger partial charge on any atom is -0.333 e. The number of hydrogen-bond acceptors (Lipinski definition) is 1. The van der Waals surface area contributed by atoms with E-state index in [0.717, 1.165) is 24.0 Å². The Balaban J connectivity index is 2.29. The van der Waals surface area contributed by atoms with Gasteiger partial charge in [-0.15, -0.1) is 0 Å². The lowest BCUT2D eigenvalue weighted by Gasteiger charge is -2.39. The van der Waals surface area contributed by atoms with Gasteiger partial charge in [0.1, 0.15) is 0 Å².